The normalized spacial score (nSPS) is 22.3. The first kappa shape index (κ1) is 14.9. The molecule has 3 nitrogen and oxygen atoms in total. The van der Waals surface area contributed by atoms with Crippen molar-refractivity contribution in [3.63, 3.8) is 0 Å². The van der Waals surface area contributed by atoms with Crippen LogP contribution in [0.1, 0.15) is 24.8 Å². The van der Waals surface area contributed by atoms with E-state index >= 15 is 0 Å². The minimum absolute atomic E-state index is 0.480. The van der Waals surface area contributed by atoms with Crippen molar-refractivity contribution in [3.05, 3.63) is 35.9 Å². The Labute approximate surface area is 132 Å². The number of nitrogens with zero attached hydrogens (tertiary/aromatic N) is 2. The topological polar surface area (TPSA) is 27.6 Å². The lowest BCUT2D eigenvalue weighted by Gasteiger charge is -2.14. The molecule has 0 amide bonds. The van der Waals surface area contributed by atoms with Crippen molar-refractivity contribution in [2.45, 2.75) is 31.7 Å². The van der Waals surface area contributed by atoms with Crippen molar-refractivity contribution in [1.29, 1.82) is 0 Å². The highest BCUT2D eigenvalue weighted by molar-refractivity contribution is 8.13. The standard InChI is InChI=1S/C17H25N3S/c1-2-7-15(8-3-1)13-16-14-18-17(19-16)21-12-6-11-20-9-4-5-10-20/h1-3,7-8,16H,4-6,9-14H2,(H,18,19). The molecule has 114 valence electrons. The molecule has 4 heteroatoms. The smallest absolute Gasteiger partial charge is 0.156 e. The van der Waals surface area contributed by atoms with Crippen LogP contribution in [0.2, 0.25) is 0 Å². The van der Waals surface area contributed by atoms with E-state index in [0.717, 1.165) is 18.1 Å². The molecule has 2 heterocycles. The molecule has 0 aliphatic carbocycles. The predicted molar refractivity (Wildman–Crippen MR) is 92.1 cm³/mol. The number of nitrogens with one attached hydrogen (secondary N) is 1. The van der Waals surface area contributed by atoms with Gasteiger partial charge in [-0.2, -0.15) is 0 Å². The van der Waals surface area contributed by atoms with E-state index < -0.39 is 0 Å². The first-order valence-electron chi connectivity index (χ1n) is 8.10. The lowest BCUT2D eigenvalue weighted by molar-refractivity contribution is 0.341. The zero-order valence-corrected chi connectivity index (χ0v) is 13.4. The molecule has 1 fully saturated rings. The predicted octanol–water partition coefficient (Wildman–Crippen LogP) is 2.78. The quantitative estimate of drug-likeness (QED) is 0.819. The maximum atomic E-state index is 4.64. The van der Waals surface area contributed by atoms with Crippen molar-refractivity contribution < 1.29 is 0 Å². The summed E-state index contributed by atoms with van der Waals surface area (Å²) < 4.78 is 0. The molecule has 0 spiro atoms. The van der Waals surface area contributed by atoms with E-state index in [1.54, 1.807) is 0 Å². The maximum absolute atomic E-state index is 4.64. The SMILES string of the molecule is c1ccc(CC2CN=C(SCCCN3CCCC3)N2)cc1. The molecular formula is C17H25N3S. The number of thioether (sulfide) groups is 1. The summed E-state index contributed by atoms with van der Waals surface area (Å²) in [4.78, 5) is 7.22. The highest BCUT2D eigenvalue weighted by Crippen LogP contribution is 2.14. The van der Waals surface area contributed by atoms with Gasteiger partial charge in [0, 0.05) is 5.75 Å². The second-order valence-corrected chi connectivity index (χ2v) is 7.01. The number of benzene rings is 1. The van der Waals surface area contributed by atoms with Crippen molar-refractivity contribution >= 4 is 16.9 Å². The van der Waals surface area contributed by atoms with E-state index in [9.17, 15) is 0 Å². The van der Waals surface area contributed by atoms with Gasteiger partial charge in [-0.25, -0.2) is 0 Å². The van der Waals surface area contributed by atoms with Gasteiger partial charge < -0.3 is 10.2 Å². The van der Waals surface area contributed by atoms with Gasteiger partial charge in [0.05, 0.1) is 12.6 Å². The molecule has 1 aromatic carbocycles. The Balaban J connectivity index is 1.31. The van der Waals surface area contributed by atoms with Crippen molar-refractivity contribution in [2.75, 3.05) is 31.9 Å². The Kier molecular flexibility index (Phi) is 5.58. The summed E-state index contributed by atoms with van der Waals surface area (Å²) in [5.74, 6) is 1.18. The van der Waals surface area contributed by atoms with Crippen LogP contribution in [0.5, 0.6) is 0 Å². The number of hydrogen-bond donors (Lipinski definition) is 1. The third-order valence-corrected chi connectivity index (χ3v) is 5.18. The minimum Gasteiger partial charge on any atom is -0.360 e. The first-order valence-corrected chi connectivity index (χ1v) is 9.09. The van der Waals surface area contributed by atoms with Crippen LogP contribution in [-0.4, -0.2) is 48.0 Å². The highest BCUT2D eigenvalue weighted by Gasteiger charge is 2.18. The Hall–Kier alpha value is -1.00. The number of rotatable bonds is 6. The molecule has 1 N–H and O–H groups in total. The third kappa shape index (κ3) is 4.75. The fourth-order valence-electron chi connectivity index (χ4n) is 3.02. The summed E-state index contributed by atoms with van der Waals surface area (Å²) in [5.41, 5.74) is 1.39. The van der Waals surface area contributed by atoms with E-state index in [1.165, 1.54) is 50.2 Å². The van der Waals surface area contributed by atoms with Gasteiger partial charge in [0.2, 0.25) is 0 Å². The van der Waals surface area contributed by atoms with Crippen molar-refractivity contribution in [1.82, 2.24) is 10.2 Å². The van der Waals surface area contributed by atoms with Crippen LogP contribution >= 0.6 is 11.8 Å². The van der Waals surface area contributed by atoms with Crippen molar-refractivity contribution in [2.24, 2.45) is 4.99 Å². The van der Waals surface area contributed by atoms with E-state index in [1.807, 2.05) is 11.8 Å². The van der Waals surface area contributed by atoms with Crippen LogP contribution in [-0.2, 0) is 6.42 Å². The average Bonchev–Trinajstić information content (AvgIpc) is 3.17. The molecule has 2 aliphatic rings. The highest BCUT2D eigenvalue weighted by atomic mass is 32.2. The monoisotopic (exact) mass is 303 g/mol. The molecule has 0 aromatic heterocycles. The summed E-state index contributed by atoms with van der Waals surface area (Å²) in [5, 5.41) is 4.72. The van der Waals surface area contributed by atoms with Crippen LogP contribution < -0.4 is 5.32 Å². The molecule has 0 saturated carbocycles. The second-order valence-electron chi connectivity index (χ2n) is 5.93. The lowest BCUT2D eigenvalue weighted by Crippen LogP contribution is -2.30. The second kappa shape index (κ2) is 7.85. The van der Waals surface area contributed by atoms with Crippen molar-refractivity contribution in [3.8, 4) is 0 Å². The fourth-order valence-corrected chi connectivity index (χ4v) is 3.91. The molecule has 3 rings (SSSR count). The first-order chi connectivity index (χ1) is 10.4. The van der Waals surface area contributed by atoms with E-state index in [-0.39, 0.29) is 0 Å². The Morgan fingerprint density at radius 2 is 2.00 bits per heavy atom. The summed E-state index contributed by atoms with van der Waals surface area (Å²) in [7, 11) is 0. The van der Waals surface area contributed by atoms with Gasteiger partial charge >= 0.3 is 0 Å². The van der Waals surface area contributed by atoms with Gasteiger partial charge in [0.15, 0.2) is 5.17 Å². The largest absolute Gasteiger partial charge is 0.360 e. The fraction of sp³-hybridized carbons (Fsp3) is 0.588. The van der Waals surface area contributed by atoms with Crippen LogP contribution in [0.25, 0.3) is 0 Å². The van der Waals surface area contributed by atoms with E-state index in [0.29, 0.717) is 6.04 Å². The summed E-state index contributed by atoms with van der Waals surface area (Å²) >= 11 is 1.89. The number of amidine groups is 1. The van der Waals surface area contributed by atoms with Gasteiger partial charge in [-0.15, -0.1) is 0 Å². The van der Waals surface area contributed by atoms with Crippen LogP contribution in [0.3, 0.4) is 0 Å². The van der Waals surface area contributed by atoms with Crippen LogP contribution in [0.4, 0.5) is 0 Å². The van der Waals surface area contributed by atoms with Gasteiger partial charge in [0.1, 0.15) is 0 Å². The lowest BCUT2D eigenvalue weighted by atomic mass is 10.1. The van der Waals surface area contributed by atoms with Crippen LogP contribution in [0.15, 0.2) is 35.3 Å². The van der Waals surface area contributed by atoms with Gasteiger partial charge in [-0.05, 0) is 50.9 Å². The summed E-state index contributed by atoms with van der Waals surface area (Å²) in [6.45, 7) is 4.79. The molecule has 1 aromatic rings. The van der Waals surface area contributed by atoms with E-state index in [4.69, 9.17) is 0 Å². The summed E-state index contributed by atoms with van der Waals surface area (Å²) in [6.07, 6.45) is 5.13. The maximum Gasteiger partial charge on any atom is 0.156 e. The van der Waals surface area contributed by atoms with Crippen LogP contribution in [0, 0.1) is 0 Å². The molecular weight excluding hydrogens is 278 g/mol. The molecule has 1 atom stereocenters. The summed E-state index contributed by atoms with van der Waals surface area (Å²) in [6, 6.07) is 11.2. The Morgan fingerprint density at radius 1 is 1.19 bits per heavy atom. The minimum atomic E-state index is 0.480. The van der Waals surface area contributed by atoms with Gasteiger partial charge in [-0.3, -0.25) is 4.99 Å². The molecule has 21 heavy (non-hydrogen) atoms. The molecule has 0 radical (unpaired) electrons. The number of hydrogen-bond acceptors (Lipinski definition) is 4. The molecule has 1 unspecified atom stereocenters. The third-order valence-electron chi connectivity index (χ3n) is 4.16. The zero-order chi connectivity index (χ0) is 14.3. The Bertz CT molecular complexity index is 454. The average molecular weight is 303 g/mol. The molecule has 0 bridgehead atoms. The molecule has 2 aliphatic heterocycles. The van der Waals surface area contributed by atoms with Gasteiger partial charge in [0.25, 0.3) is 0 Å². The number of aliphatic imine (C=N–C) groups is 1. The zero-order valence-electron chi connectivity index (χ0n) is 12.6. The Morgan fingerprint density at radius 3 is 2.81 bits per heavy atom. The van der Waals surface area contributed by atoms with Gasteiger partial charge in [-0.1, -0.05) is 42.1 Å². The molecule has 1 saturated heterocycles. The number of likely N-dealkylation sites (tertiary alicyclic amines) is 1. The van der Waals surface area contributed by atoms with E-state index in [2.05, 4.69) is 45.5 Å².